The summed E-state index contributed by atoms with van der Waals surface area (Å²) in [5, 5.41) is 2.49. The summed E-state index contributed by atoms with van der Waals surface area (Å²) in [6, 6.07) is 21.3. The quantitative estimate of drug-likeness (QED) is 0.553. The summed E-state index contributed by atoms with van der Waals surface area (Å²) in [5.41, 5.74) is 9.41. The Morgan fingerprint density at radius 1 is 0.893 bits per heavy atom. The molecule has 3 aromatic rings. The normalized spacial score (nSPS) is 11.0. The van der Waals surface area contributed by atoms with Gasteiger partial charge >= 0.3 is 0 Å². The molecule has 2 amide bonds. The highest BCUT2D eigenvalue weighted by atomic mass is 16.3. The predicted molar refractivity (Wildman–Crippen MR) is 108 cm³/mol. The summed E-state index contributed by atoms with van der Waals surface area (Å²) in [4.78, 5) is 23.7. The van der Waals surface area contributed by atoms with Gasteiger partial charge < -0.3 is 9.73 Å². The van der Waals surface area contributed by atoms with Crippen LogP contribution in [0.5, 0.6) is 0 Å². The van der Waals surface area contributed by atoms with E-state index < -0.39 is 5.91 Å². The Bertz CT molecular complexity index is 946. The molecule has 0 aliphatic carbocycles. The van der Waals surface area contributed by atoms with Crippen LogP contribution in [0.4, 0.5) is 0 Å². The highest BCUT2D eigenvalue weighted by Crippen LogP contribution is 2.21. The van der Waals surface area contributed by atoms with Gasteiger partial charge in [-0.3, -0.25) is 20.4 Å². The standard InChI is InChI=1S/C22H21N3O3/c1-2-19(18-12-10-17(11-13-18)16-7-4-3-5-8-16)24-25-21(26)15-23-22(27)20-9-6-14-28-20/h2-14,24H,15H2,1H3,(H,23,27)(H,25,26). The SMILES string of the molecule is CC=C(NNC(=O)CNC(=O)c1ccco1)c1ccc(-c2ccccc2)cc1. The maximum Gasteiger partial charge on any atom is 0.287 e. The van der Waals surface area contributed by atoms with E-state index in [2.05, 4.69) is 28.3 Å². The van der Waals surface area contributed by atoms with E-state index in [1.54, 1.807) is 6.07 Å². The predicted octanol–water partition coefficient (Wildman–Crippen LogP) is 3.36. The summed E-state index contributed by atoms with van der Waals surface area (Å²) in [7, 11) is 0. The molecule has 0 saturated heterocycles. The minimum absolute atomic E-state index is 0.161. The molecule has 0 radical (unpaired) electrons. The Kier molecular flexibility index (Phi) is 6.25. The molecular weight excluding hydrogens is 354 g/mol. The van der Waals surface area contributed by atoms with Crippen LogP contribution in [0.2, 0.25) is 0 Å². The van der Waals surface area contributed by atoms with Crippen LogP contribution < -0.4 is 16.2 Å². The average molecular weight is 375 g/mol. The van der Waals surface area contributed by atoms with E-state index in [4.69, 9.17) is 4.42 Å². The number of nitrogens with one attached hydrogen (secondary N) is 3. The molecule has 0 saturated carbocycles. The summed E-state index contributed by atoms with van der Waals surface area (Å²) in [5.74, 6) is -0.656. The zero-order valence-electron chi connectivity index (χ0n) is 15.4. The lowest BCUT2D eigenvalue weighted by atomic mass is 10.0. The van der Waals surface area contributed by atoms with E-state index in [1.165, 1.54) is 12.3 Å². The van der Waals surface area contributed by atoms with E-state index in [9.17, 15) is 9.59 Å². The van der Waals surface area contributed by atoms with Crippen molar-refractivity contribution in [3.05, 3.63) is 90.4 Å². The van der Waals surface area contributed by atoms with E-state index in [0.717, 1.165) is 22.4 Å². The van der Waals surface area contributed by atoms with Crippen molar-refractivity contribution < 1.29 is 14.0 Å². The summed E-state index contributed by atoms with van der Waals surface area (Å²) >= 11 is 0. The van der Waals surface area contributed by atoms with Gasteiger partial charge in [-0.15, -0.1) is 0 Å². The molecule has 0 aliphatic rings. The molecule has 28 heavy (non-hydrogen) atoms. The first kappa shape index (κ1) is 19.0. The van der Waals surface area contributed by atoms with Gasteiger partial charge in [0.15, 0.2) is 5.76 Å². The van der Waals surface area contributed by atoms with Crippen molar-refractivity contribution in [1.29, 1.82) is 0 Å². The number of allylic oxidation sites excluding steroid dienone is 1. The minimum atomic E-state index is -0.442. The lowest BCUT2D eigenvalue weighted by Gasteiger charge is -2.13. The molecule has 0 fully saturated rings. The van der Waals surface area contributed by atoms with Crippen LogP contribution in [0, 0.1) is 0 Å². The van der Waals surface area contributed by atoms with Gasteiger partial charge in [0.1, 0.15) is 0 Å². The van der Waals surface area contributed by atoms with Gasteiger partial charge in [-0.2, -0.15) is 0 Å². The summed E-state index contributed by atoms with van der Waals surface area (Å²) in [6.07, 6.45) is 3.26. The van der Waals surface area contributed by atoms with Crippen LogP contribution in [0.3, 0.4) is 0 Å². The molecule has 142 valence electrons. The van der Waals surface area contributed by atoms with Gasteiger partial charge in [0, 0.05) is 0 Å². The van der Waals surface area contributed by atoms with Crippen molar-refractivity contribution >= 4 is 17.5 Å². The molecule has 3 rings (SSSR count). The first-order chi connectivity index (χ1) is 13.7. The molecule has 3 N–H and O–H groups in total. The zero-order valence-corrected chi connectivity index (χ0v) is 15.4. The smallest absolute Gasteiger partial charge is 0.287 e. The lowest BCUT2D eigenvalue weighted by Crippen LogP contribution is -2.43. The first-order valence-electron chi connectivity index (χ1n) is 8.86. The number of carbonyl (C=O) groups is 2. The van der Waals surface area contributed by atoms with Crippen LogP contribution in [-0.4, -0.2) is 18.4 Å². The van der Waals surface area contributed by atoms with Crippen LogP contribution in [0.15, 0.2) is 83.5 Å². The Morgan fingerprint density at radius 2 is 1.61 bits per heavy atom. The Morgan fingerprint density at radius 3 is 2.25 bits per heavy atom. The van der Waals surface area contributed by atoms with Gasteiger partial charge in [0.25, 0.3) is 11.8 Å². The van der Waals surface area contributed by atoms with Gasteiger partial charge in [-0.05, 0) is 35.7 Å². The van der Waals surface area contributed by atoms with Crippen LogP contribution >= 0.6 is 0 Å². The molecule has 6 nitrogen and oxygen atoms in total. The molecule has 0 atom stereocenters. The third kappa shape index (κ3) is 4.88. The molecule has 2 aromatic carbocycles. The third-order valence-corrected chi connectivity index (χ3v) is 4.08. The first-order valence-corrected chi connectivity index (χ1v) is 8.86. The zero-order chi connectivity index (χ0) is 19.8. The number of amides is 2. The molecule has 0 bridgehead atoms. The maximum atomic E-state index is 12.0. The van der Waals surface area contributed by atoms with Gasteiger partial charge in [0.2, 0.25) is 0 Å². The van der Waals surface area contributed by atoms with Gasteiger partial charge in [-0.1, -0.05) is 60.7 Å². The number of furan rings is 1. The molecule has 0 spiro atoms. The van der Waals surface area contributed by atoms with E-state index in [1.807, 2.05) is 55.5 Å². The molecule has 6 heteroatoms. The van der Waals surface area contributed by atoms with Crippen molar-refractivity contribution in [2.75, 3.05) is 6.54 Å². The minimum Gasteiger partial charge on any atom is -0.459 e. The molecule has 0 unspecified atom stereocenters. The Labute approximate surface area is 163 Å². The fourth-order valence-electron chi connectivity index (χ4n) is 2.62. The highest BCUT2D eigenvalue weighted by Gasteiger charge is 2.10. The van der Waals surface area contributed by atoms with E-state index >= 15 is 0 Å². The number of rotatable bonds is 7. The van der Waals surface area contributed by atoms with Crippen molar-refractivity contribution in [1.82, 2.24) is 16.2 Å². The number of carbonyl (C=O) groups excluding carboxylic acids is 2. The third-order valence-electron chi connectivity index (χ3n) is 4.08. The fraction of sp³-hybridized carbons (Fsp3) is 0.0909. The molecule has 1 aromatic heterocycles. The summed E-state index contributed by atoms with van der Waals surface area (Å²) in [6.45, 7) is 1.70. The topological polar surface area (TPSA) is 83.4 Å². The summed E-state index contributed by atoms with van der Waals surface area (Å²) < 4.78 is 4.97. The Balaban J connectivity index is 1.53. The second kappa shape index (κ2) is 9.23. The van der Waals surface area contributed by atoms with Gasteiger partial charge in [0.05, 0.1) is 18.5 Å². The number of benzene rings is 2. The highest BCUT2D eigenvalue weighted by molar-refractivity contribution is 5.94. The Hall–Kier alpha value is -3.80. The maximum absolute atomic E-state index is 12.0. The lowest BCUT2D eigenvalue weighted by molar-refractivity contribution is -0.120. The largest absolute Gasteiger partial charge is 0.459 e. The van der Waals surface area contributed by atoms with Crippen LogP contribution in [0.1, 0.15) is 23.0 Å². The van der Waals surface area contributed by atoms with Crippen molar-refractivity contribution in [2.24, 2.45) is 0 Å². The van der Waals surface area contributed by atoms with Gasteiger partial charge in [-0.25, -0.2) is 0 Å². The molecule has 0 aliphatic heterocycles. The molecular formula is C22H21N3O3. The number of hydrogen-bond donors (Lipinski definition) is 3. The monoisotopic (exact) mass is 375 g/mol. The molecule has 1 heterocycles. The van der Waals surface area contributed by atoms with Crippen LogP contribution in [-0.2, 0) is 4.79 Å². The van der Waals surface area contributed by atoms with Crippen molar-refractivity contribution in [2.45, 2.75) is 6.92 Å². The second-order valence-corrected chi connectivity index (χ2v) is 5.98. The van der Waals surface area contributed by atoms with E-state index in [-0.39, 0.29) is 18.2 Å². The number of hydrogen-bond acceptors (Lipinski definition) is 4. The van der Waals surface area contributed by atoms with Crippen molar-refractivity contribution in [3.63, 3.8) is 0 Å². The van der Waals surface area contributed by atoms with E-state index in [0.29, 0.717) is 0 Å². The van der Waals surface area contributed by atoms with Crippen molar-refractivity contribution in [3.8, 4) is 11.1 Å². The average Bonchev–Trinajstić information content (AvgIpc) is 3.28. The van der Waals surface area contributed by atoms with Crippen LogP contribution in [0.25, 0.3) is 16.8 Å². The number of hydrazine groups is 1. The fourth-order valence-corrected chi connectivity index (χ4v) is 2.62. The second-order valence-electron chi connectivity index (χ2n) is 5.98.